The van der Waals surface area contributed by atoms with E-state index in [0.717, 1.165) is 11.1 Å². The summed E-state index contributed by atoms with van der Waals surface area (Å²) >= 11 is 0. The van der Waals surface area contributed by atoms with Gasteiger partial charge in [0.05, 0.1) is 47.4 Å². The number of ether oxygens (including phenoxy) is 3. The van der Waals surface area contributed by atoms with Crippen LogP contribution in [0.2, 0.25) is 0 Å². The fourth-order valence-corrected chi connectivity index (χ4v) is 9.12. The van der Waals surface area contributed by atoms with Crippen LogP contribution in [0.4, 0.5) is 5.69 Å². The molecule has 16 heteroatoms. The number of hydrogen-bond donors (Lipinski definition) is 2. The summed E-state index contributed by atoms with van der Waals surface area (Å²) in [5.41, 5.74) is 1.46. The number of fused-ring (bicyclic) bond motifs is 1. The van der Waals surface area contributed by atoms with Crippen LogP contribution in [-0.4, -0.2) is 75.3 Å². The minimum atomic E-state index is -4.67. The SMILES string of the molecule is COCCOCCNC(=O)CCC(=O)NCCOc1ccc(-c2cc3cc(N(S(=O)(=O)c4ccc(C)cc4)S(=O)(=O)c4ccc(C)cc4)ccc3oc2=O)cc1. The molecule has 0 radical (unpaired) electrons. The fraction of sp³-hybridized carbons (Fsp3) is 0.275. The summed E-state index contributed by atoms with van der Waals surface area (Å²) in [6, 6.07) is 23.7. The molecule has 1 aromatic heterocycles. The summed E-state index contributed by atoms with van der Waals surface area (Å²) in [7, 11) is -7.76. The Balaban J connectivity index is 1.27. The van der Waals surface area contributed by atoms with Crippen molar-refractivity contribution in [3.63, 3.8) is 0 Å². The third-order valence-electron chi connectivity index (χ3n) is 8.44. The summed E-state index contributed by atoms with van der Waals surface area (Å²) in [5.74, 6) is -0.0992. The molecule has 0 atom stereocenters. The predicted molar refractivity (Wildman–Crippen MR) is 211 cm³/mol. The van der Waals surface area contributed by atoms with E-state index >= 15 is 0 Å². The zero-order chi connectivity index (χ0) is 40.3. The minimum Gasteiger partial charge on any atom is -0.492 e. The van der Waals surface area contributed by atoms with Gasteiger partial charge in [0.25, 0.3) is 20.0 Å². The Morgan fingerprint density at radius 2 is 1.23 bits per heavy atom. The van der Waals surface area contributed by atoms with Gasteiger partial charge in [-0.1, -0.05) is 47.5 Å². The number of benzene rings is 4. The van der Waals surface area contributed by atoms with Crippen LogP contribution >= 0.6 is 0 Å². The van der Waals surface area contributed by atoms with Crippen molar-refractivity contribution in [2.45, 2.75) is 36.5 Å². The Morgan fingerprint density at radius 1 is 0.679 bits per heavy atom. The molecule has 5 aromatic rings. The van der Waals surface area contributed by atoms with Gasteiger partial charge in [0.1, 0.15) is 17.9 Å². The van der Waals surface area contributed by atoms with Crippen molar-refractivity contribution in [3.05, 3.63) is 119 Å². The first-order valence-corrected chi connectivity index (χ1v) is 20.5. The van der Waals surface area contributed by atoms with Gasteiger partial charge in [0.15, 0.2) is 0 Å². The number of methoxy groups -OCH3 is 1. The van der Waals surface area contributed by atoms with E-state index in [4.69, 9.17) is 18.6 Å². The molecule has 0 spiro atoms. The molecular weight excluding hydrogens is 763 g/mol. The lowest BCUT2D eigenvalue weighted by Crippen LogP contribution is -2.37. The molecule has 0 bridgehead atoms. The van der Waals surface area contributed by atoms with E-state index in [1.165, 1.54) is 48.5 Å². The molecule has 0 fully saturated rings. The smallest absolute Gasteiger partial charge is 0.344 e. The van der Waals surface area contributed by atoms with E-state index in [1.807, 2.05) is 0 Å². The molecule has 14 nitrogen and oxygen atoms in total. The summed E-state index contributed by atoms with van der Waals surface area (Å²) in [5, 5.41) is 5.66. The van der Waals surface area contributed by atoms with Gasteiger partial charge in [-0.3, -0.25) is 9.59 Å². The maximum Gasteiger partial charge on any atom is 0.344 e. The van der Waals surface area contributed by atoms with E-state index < -0.39 is 25.7 Å². The number of anilines is 1. The van der Waals surface area contributed by atoms with Gasteiger partial charge in [-0.05, 0) is 80.1 Å². The Morgan fingerprint density at radius 3 is 1.79 bits per heavy atom. The molecule has 0 aliphatic rings. The summed E-state index contributed by atoms with van der Waals surface area (Å²) in [4.78, 5) is 36.7. The van der Waals surface area contributed by atoms with Crippen molar-refractivity contribution in [2.24, 2.45) is 0 Å². The van der Waals surface area contributed by atoms with E-state index in [-0.39, 0.29) is 69.8 Å². The first kappa shape index (κ1) is 41.6. The van der Waals surface area contributed by atoms with E-state index in [1.54, 1.807) is 69.5 Å². The first-order chi connectivity index (χ1) is 26.8. The van der Waals surface area contributed by atoms with Crippen LogP contribution in [0.3, 0.4) is 0 Å². The lowest BCUT2D eigenvalue weighted by molar-refractivity contribution is -0.126. The normalized spacial score (nSPS) is 11.6. The van der Waals surface area contributed by atoms with Crippen molar-refractivity contribution >= 4 is 48.5 Å². The second-order valence-electron chi connectivity index (χ2n) is 12.7. The monoisotopic (exact) mass is 805 g/mol. The van der Waals surface area contributed by atoms with Crippen LogP contribution in [0.15, 0.2) is 116 Å². The molecule has 296 valence electrons. The fourth-order valence-electron chi connectivity index (χ4n) is 5.45. The molecule has 0 saturated carbocycles. The maximum absolute atomic E-state index is 14.1. The number of amides is 2. The Labute approximate surface area is 325 Å². The molecule has 0 aliphatic heterocycles. The van der Waals surface area contributed by atoms with E-state index in [9.17, 15) is 31.2 Å². The van der Waals surface area contributed by atoms with Crippen molar-refractivity contribution in [2.75, 3.05) is 50.3 Å². The highest BCUT2D eigenvalue weighted by atomic mass is 32.3. The van der Waals surface area contributed by atoms with E-state index in [0.29, 0.717) is 41.4 Å². The minimum absolute atomic E-state index is 0.0179. The van der Waals surface area contributed by atoms with Crippen LogP contribution in [0, 0.1) is 13.8 Å². The number of sulfonamides is 2. The largest absolute Gasteiger partial charge is 0.492 e. The average molecular weight is 806 g/mol. The quantitative estimate of drug-likeness (QED) is 0.0869. The van der Waals surface area contributed by atoms with Gasteiger partial charge in [0, 0.05) is 31.9 Å². The zero-order valence-electron chi connectivity index (χ0n) is 31.1. The number of nitrogens with zero attached hydrogens (tertiary/aromatic N) is 1. The van der Waals surface area contributed by atoms with Crippen LogP contribution in [0.25, 0.3) is 22.1 Å². The second kappa shape index (κ2) is 18.9. The number of hydrogen-bond acceptors (Lipinski definition) is 11. The molecule has 2 N–H and O–H groups in total. The predicted octanol–water partition coefficient (Wildman–Crippen LogP) is 4.72. The highest BCUT2D eigenvalue weighted by molar-refractivity contribution is 8.10. The zero-order valence-corrected chi connectivity index (χ0v) is 32.8. The third kappa shape index (κ3) is 10.6. The third-order valence-corrected chi connectivity index (χ3v) is 12.6. The highest BCUT2D eigenvalue weighted by Crippen LogP contribution is 2.34. The van der Waals surface area contributed by atoms with Gasteiger partial charge in [-0.15, -0.1) is 0 Å². The molecule has 2 amide bonds. The van der Waals surface area contributed by atoms with Crippen molar-refractivity contribution < 1.29 is 45.1 Å². The van der Waals surface area contributed by atoms with Crippen molar-refractivity contribution in [1.29, 1.82) is 0 Å². The number of carbonyl (C=O) groups is 2. The Kier molecular flexibility index (Phi) is 14.0. The average Bonchev–Trinajstić information content (AvgIpc) is 3.17. The summed E-state index contributed by atoms with van der Waals surface area (Å²) in [6.45, 7) is 5.50. The maximum atomic E-state index is 14.1. The molecule has 4 aromatic carbocycles. The number of nitrogens with one attached hydrogen (secondary N) is 2. The lowest BCUT2D eigenvalue weighted by Gasteiger charge is -2.24. The molecule has 0 aliphatic carbocycles. The Hall–Kier alpha value is -5.55. The van der Waals surface area contributed by atoms with Gasteiger partial charge in [-0.25, -0.2) is 21.6 Å². The number of rotatable bonds is 19. The van der Waals surface area contributed by atoms with Gasteiger partial charge >= 0.3 is 5.63 Å². The summed E-state index contributed by atoms with van der Waals surface area (Å²) < 4.78 is 78.3. The topological polar surface area (TPSA) is 188 Å². The van der Waals surface area contributed by atoms with Gasteiger partial charge in [-0.2, -0.15) is 3.71 Å². The Bertz CT molecular complexity index is 2340. The molecule has 5 rings (SSSR count). The lowest BCUT2D eigenvalue weighted by atomic mass is 10.1. The molecule has 0 saturated heterocycles. The molecule has 1 heterocycles. The van der Waals surface area contributed by atoms with Crippen LogP contribution in [-0.2, 0) is 39.1 Å². The molecular formula is C40H43N3O11S2. The number of carbonyl (C=O) groups excluding carboxylic acids is 2. The van der Waals surface area contributed by atoms with Crippen LogP contribution in [0.1, 0.15) is 24.0 Å². The van der Waals surface area contributed by atoms with Gasteiger partial charge in [0.2, 0.25) is 11.8 Å². The second-order valence-corrected chi connectivity index (χ2v) is 16.5. The van der Waals surface area contributed by atoms with E-state index in [2.05, 4.69) is 10.6 Å². The molecule has 0 unspecified atom stereocenters. The molecule has 56 heavy (non-hydrogen) atoms. The number of aryl methyl sites for hydroxylation is 2. The van der Waals surface area contributed by atoms with Crippen LogP contribution in [0.5, 0.6) is 5.75 Å². The first-order valence-electron chi connectivity index (χ1n) is 17.6. The van der Waals surface area contributed by atoms with Crippen molar-refractivity contribution in [1.82, 2.24) is 10.6 Å². The highest BCUT2D eigenvalue weighted by Gasteiger charge is 2.37. The van der Waals surface area contributed by atoms with Crippen LogP contribution < -0.4 is 24.7 Å². The summed E-state index contributed by atoms with van der Waals surface area (Å²) in [6.07, 6.45) is 0.0532. The van der Waals surface area contributed by atoms with Crippen molar-refractivity contribution in [3.8, 4) is 16.9 Å². The standard InChI is InChI=1S/C40H43N3O11S2/c1-28-4-13-34(14-5-28)55(47,48)43(56(49,50)35-15-6-29(2)7-16-35)32-10-17-37-31(26-32)27-36(40(46)54-37)30-8-11-33(12-9-30)53-23-21-42-39(45)19-18-38(44)41-20-22-52-25-24-51-3/h4-17,26-27H,18-25H2,1-3H3,(H,41,44)(H,42,45). The van der Waals surface area contributed by atoms with Gasteiger partial charge < -0.3 is 29.3 Å².